The van der Waals surface area contributed by atoms with E-state index >= 15 is 0 Å². The molecule has 0 aliphatic rings. The second-order valence-electron chi connectivity index (χ2n) is 4.86. The van der Waals surface area contributed by atoms with Crippen molar-refractivity contribution >= 4 is 10.0 Å². The van der Waals surface area contributed by atoms with Gasteiger partial charge in [0.1, 0.15) is 0 Å². The third-order valence-corrected chi connectivity index (χ3v) is 4.68. The highest BCUT2D eigenvalue weighted by molar-refractivity contribution is 7.89. The van der Waals surface area contributed by atoms with E-state index in [0.717, 1.165) is 28.9 Å². The van der Waals surface area contributed by atoms with Gasteiger partial charge in [0.2, 0.25) is 10.0 Å². The first-order valence-corrected chi connectivity index (χ1v) is 8.40. The second-order valence-corrected chi connectivity index (χ2v) is 6.62. The number of sulfonamides is 1. The van der Waals surface area contributed by atoms with Gasteiger partial charge in [0.15, 0.2) is 5.69 Å². The fourth-order valence-electron chi connectivity index (χ4n) is 1.92. The lowest BCUT2D eigenvalue weighted by Crippen LogP contribution is -2.27. The normalized spacial score (nSPS) is 12.5. The molecule has 5 nitrogen and oxygen atoms in total. The summed E-state index contributed by atoms with van der Waals surface area (Å²) in [4.78, 5) is 0.117. The number of halogens is 3. The van der Waals surface area contributed by atoms with Gasteiger partial charge in [-0.1, -0.05) is 19.1 Å². The average Bonchev–Trinajstić information content (AvgIpc) is 2.96. The van der Waals surface area contributed by atoms with E-state index in [9.17, 15) is 21.6 Å². The third kappa shape index (κ3) is 4.55. The van der Waals surface area contributed by atoms with E-state index in [0.29, 0.717) is 0 Å². The van der Waals surface area contributed by atoms with Gasteiger partial charge in [0, 0.05) is 12.7 Å². The fraction of sp³-hybridized carbons (Fsp3) is 0.357. The molecule has 0 radical (unpaired) electrons. The first-order chi connectivity index (χ1) is 10.7. The Hall–Kier alpha value is -1.87. The van der Waals surface area contributed by atoms with Crippen LogP contribution in [0.25, 0.3) is 0 Å². The molecule has 2 rings (SSSR count). The smallest absolute Gasteiger partial charge is 0.271 e. The Morgan fingerprint density at radius 3 is 2.35 bits per heavy atom. The van der Waals surface area contributed by atoms with Crippen LogP contribution >= 0.6 is 0 Å². The van der Waals surface area contributed by atoms with Crippen LogP contribution in [-0.4, -0.2) is 24.7 Å². The van der Waals surface area contributed by atoms with Crippen molar-refractivity contribution < 1.29 is 21.6 Å². The highest BCUT2D eigenvalue weighted by Gasteiger charge is 2.33. The average molecular weight is 347 g/mol. The van der Waals surface area contributed by atoms with Crippen molar-refractivity contribution in [2.75, 3.05) is 6.54 Å². The fourth-order valence-corrected chi connectivity index (χ4v) is 2.94. The molecule has 1 aromatic heterocycles. The lowest BCUT2D eigenvalue weighted by Gasteiger charge is -2.08. The van der Waals surface area contributed by atoms with E-state index in [1.807, 2.05) is 6.92 Å². The summed E-state index contributed by atoms with van der Waals surface area (Å²) >= 11 is 0. The molecule has 0 amide bonds. The predicted octanol–water partition coefficient (Wildman–Crippen LogP) is 2.44. The zero-order chi connectivity index (χ0) is 17.1. The highest BCUT2D eigenvalue weighted by Crippen LogP contribution is 2.27. The first-order valence-electron chi connectivity index (χ1n) is 6.91. The van der Waals surface area contributed by atoms with Gasteiger partial charge in [-0.05, 0) is 30.2 Å². The summed E-state index contributed by atoms with van der Waals surface area (Å²) in [6, 6.07) is 7.28. The number of nitrogens with zero attached hydrogens (tertiary/aromatic N) is 2. The van der Waals surface area contributed by atoms with Crippen LogP contribution in [0, 0.1) is 0 Å². The first kappa shape index (κ1) is 17.5. The Morgan fingerprint density at radius 2 is 1.83 bits per heavy atom. The molecule has 0 aliphatic carbocycles. The minimum Gasteiger partial charge on any atom is -0.271 e. The molecule has 0 bridgehead atoms. The molecule has 2 aromatic rings. The van der Waals surface area contributed by atoms with Crippen molar-refractivity contribution in [3.05, 3.63) is 47.8 Å². The van der Waals surface area contributed by atoms with E-state index < -0.39 is 21.9 Å². The van der Waals surface area contributed by atoms with Crippen LogP contribution in [0.15, 0.2) is 41.4 Å². The van der Waals surface area contributed by atoms with Gasteiger partial charge < -0.3 is 0 Å². The summed E-state index contributed by atoms with van der Waals surface area (Å²) < 4.78 is 64.7. The van der Waals surface area contributed by atoms with Crippen LogP contribution in [0.4, 0.5) is 13.2 Å². The molecule has 0 saturated carbocycles. The molecule has 126 valence electrons. The van der Waals surface area contributed by atoms with Gasteiger partial charge in [0.05, 0.1) is 11.4 Å². The Bertz CT molecular complexity index is 752. The minimum atomic E-state index is -4.51. The zero-order valence-electron chi connectivity index (χ0n) is 12.3. The summed E-state index contributed by atoms with van der Waals surface area (Å²) in [5, 5.41) is 3.35. The molecule has 9 heteroatoms. The molecule has 1 N–H and O–H groups in total. The van der Waals surface area contributed by atoms with Crippen molar-refractivity contribution in [3.8, 4) is 0 Å². The largest absolute Gasteiger partial charge is 0.435 e. The van der Waals surface area contributed by atoms with Crippen LogP contribution in [0.2, 0.25) is 0 Å². The molecule has 0 saturated heterocycles. The van der Waals surface area contributed by atoms with Crippen LogP contribution in [0.1, 0.15) is 18.2 Å². The number of alkyl halides is 3. The maximum atomic E-state index is 12.4. The van der Waals surface area contributed by atoms with Gasteiger partial charge in [-0.3, -0.25) is 4.68 Å². The molecule has 0 fully saturated rings. The van der Waals surface area contributed by atoms with Crippen molar-refractivity contribution in [2.45, 2.75) is 31.0 Å². The quantitative estimate of drug-likeness (QED) is 0.873. The standard InChI is InChI=1S/C14H16F3N3O2S/c1-2-11-3-5-12(6-4-11)23(21,22)18-8-10-20-9-7-13(19-20)14(15,16)17/h3-7,9,18H,2,8,10H2,1H3. The van der Waals surface area contributed by atoms with E-state index in [2.05, 4.69) is 9.82 Å². The second kappa shape index (κ2) is 6.71. The maximum absolute atomic E-state index is 12.4. The van der Waals surface area contributed by atoms with Crippen molar-refractivity contribution in [1.82, 2.24) is 14.5 Å². The van der Waals surface area contributed by atoms with Crippen molar-refractivity contribution in [3.63, 3.8) is 0 Å². The van der Waals surface area contributed by atoms with Gasteiger partial charge >= 0.3 is 6.18 Å². The molecular weight excluding hydrogens is 331 g/mol. The lowest BCUT2D eigenvalue weighted by atomic mass is 10.2. The topological polar surface area (TPSA) is 64.0 Å². The number of benzene rings is 1. The summed E-state index contributed by atoms with van der Waals surface area (Å²) in [5.74, 6) is 0. The highest BCUT2D eigenvalue weighted by atomic mass is 32.2. The summed E-state index contributed by atoms with van der Waals surface area (Å²) in [6.45, 7) is 1.90. The number of nitrogens with one attached hydrogen (secondary N) is 1. The maximum Gasteiger partial charge on any atom is 0.435 e. The Balaban J connectivity index is 1.95. The van der Waals surface area contributed by atoms with E-state index in [-0.39, 0.29) is 18.0 Å². The number of hydrogen-bond acceptors (Lipinski definition) is 3. The number of rotatable bonds is 6. The molecule has 0 atom stereocenters. The zero-order valence-corrected chi connectivity index (χ0v) is 13.2. The van der Waals surface area contributed by atoms with Gasteiger partial charge in [-0.2, -0.15) is 18.3 Å². The van der Waals surface area contributed by atoms with Crippen molar-refractivity contribution in [1.29, 1.82) is 0 Å². The van der Waals surface area contributed by atoms with Crippen LogP contribution < -0.4 is 4.72 Å². The molecule has 0 spiro atoms. The molecule has 1 heterocycles. The summed E-state index contributed by atoms with van der Waals surface area (Å²) in [7, 11) is -3.69. The molecule has 0 aliphatic heterocycles. The Kier molecular flexibility index (Phi) is 5.10. The van der Waals surface area contributed by atoms with E-state index in [4.69, 9.17) is 0 Å². The molecule has 1 aromatic carbocycles. The van der Waals surface area contributed by atoms with E-state index in [1.165, 1.54) is 12.1 Å². The van der Waals surface area contributed by atoms with Crippen molar-refractivity contribution in [2.24, 2.45) is 0 Å². The number of aromatic nitrogens is 2. The summed E-state index contributed by atoms with van der Waals surface area (Å²) in [6.07, 6.45) is -2.55. The van der Waals surface area contributed by atoms with Crippen LogP contribution in [0.3, 0.4) is 0 Å². The number of aryl methyl sites for hydroxylation is 1. The molecular formula is C14H16F3N3O2S. The van der Waals surface area contributed by atoms with Crippen LogP contribution in [-0.2, 0) is 29.2 Å². The predicted molar refractivity (Wildman–Crippen MR) is 78.2 cm³/mol. The van der Waals surface area contributed by atoms with Gasteiger partial charge in [-0.25, -0.2) is 13.1 Å². The number of hydrogen-bond donors (Lipinski definition) is 1. The summed E-state index contributed by atoms with van der Waals surface area (Å²) in [5.41, 5.74) is 0.00989. The SMILES string of the molecule is CCc1ccc(S(=O)(=O)NCCn2ccc(C(F)(F)F)n2)cc1. The van der Waals surface area contributed by atoms with E-state index in [1.54, 1.807) is 12.1 Å². The van der Waals surface area contributed by atoms with Gasteiger partial charge in [0.25, 0.3) is 0 Å². The van der Waals surface area contributed by atoms with Crippen LogP contribution in [0.5, 0.6) is 0 Å². The molecule has 0 unspecified atom stereocenters. The molecule has 23 heavy (non-hydrogen) atoms. The minimum absolute atomic E-state index is 0.00233. The third-order valence-electron chi connectivity index (χ3n) is 3.21. The Labute approximate surface area is 132 Å². The van der Waals surface area contributed by atoms with Gasteiger partial charge in [-0.15, -0.1) is 0 Å². The lowest BCUT2D eigenvalue weighted by molar-refractivity contribution is -0.141. The monoisotopic (exact) mass is 347 g/mol. The Morgan fingerprint density at radius 1 is 1.17 bits per heavy atom.